The standard InChI is InChI=1S/C37H39N3O6/c1-36(2,3)46-35(45)39-30(33(42)38-31(34(43)44)24-26-16-8-4-9-17-26)25-32(41)40-37(27-18-10-5-11-19-27,28-20-12-6-13-21-28)29-22-14-7-15-23-29/h4-23,30-31H,24-25H2,1-3H3,(H,38,42)(H,39,45)(H,40,41)(H,43,44)/t30-,31-/m0/s1. The Morgan fingerprint density at radius 1 is 0.652 bits per heavy atom. The normalized spacial score (nSPS) is 12.7. The van der Waals surface area contributed by atoms with Gasteiger partial charge in [0.15, 0.2) is 0 Å². The average molecular weight is 622 g/mol. The van der Waals surface area contributed by atoms with Gasteiger partial charge in [-0.3, -0.25) is 9.59 Å². The molecule has 0 radical (unpaired) electrons. The van der Waals surface area contributed by atoms with E-state index in [2.05, 4.69) is 16.0 Å². The summed E-state index contributed by atoms with van der Waals surface area (Å²) in [4.78, 5) is 52.7. The number of carboxylic acid groups (broad SMARTS) is 1. The van der Waals surface area contributed by atoms with Gasteiger partial charge in [0, 0.05) is 6.42 Å². The summed E-state index contributed by atoms with van der Waals surface area (Å²) in [6.07, 6.45) is -1.42. The zero-order valence-electron chi connectivity index (χ0n) is 26.1. The quantitative estimate of drug-likeness (QED) is 0.161. The molecule has 0 aliphatic heterocycles. The smallest absolute Gasteiger partial charge is 0.408 e. The van der Waals surface area contributed by atoms with E-state index in [1.165, 1.54) is 0 Å². The lowest BCUT2D eigenvalue weighted by Crippen LogP contribution is -2.55. The molecule has 0 unspecified atom stereocenters. The van der Waals surface area contributed by atoms with Crippen LogP contribution in [0.5, 0.6) is 0 Å². The second-order valence-corrected chi connectivity index (χ2v) is 11.9. The molecular weight excluding hydrogens is 582 g/mol. The molecule has 0 fully saturated rings. The number of carboxylic acids is 1. The molecule has 4 aromatic rings. The lowest BCUT2D eigenvalue weighted by Gasteiger charge is -2.37. The minimum absolute atomic E-state index is 0.00635. The molecule has 0 aromatic heterocycles. The number of rotatable bonds is 12. The number of hydrogen-bond donors (Lipinski definition) is 4. The molecule has 4 rings (SSSR count). The minimum atomic E-state index is -1.45. The summed E-state index contributed by atoms with van der Waals surface area (Å²) >= 11 is 0. The largest absolute Gasteiger partial charge is 0.480 e. The van der Waals surface area contributed by atoms with Crippen LogP contribution in [-0.4, -0.2) is 46.7 Å². The van der Waals surface area contributed by atoms with E-state index in [-0.39, 0.29) is 6.42 Å². The summed E-state index contributed by atoms with van der Waals surface area (Å²) in [5, 5.41) is 18.1. The number of carbonyl (C=O) groups is 4. The highest BCUT2D eigenvalue weighted by Gasteiger charge is 2.39. The molecule has 0 spiro atoms. The fourth-order valence-corrected chi connectivity index (χ4v) is 5.21. The van der Waals surface area contributed by atoms with Gasteiger partial charge in [-0.2, -0.15) is 0 Å². The molecule has 0 heterocycles. The summed E-state index contributed by atoms with van der Waals surface area (Å²) in [7, 11) is 0. The van der Waals surface area contributed by atoms with Crippen LogP contribution < -0.4 is 16.0 Å². The maximum Gasteiger partial charge on any atom is 0.408 e. The fourth-order valence-electron chi connectivity index (χ4n) is 5.21. The zero-order valence-corrected chi connectivity index (χ0v) is 26.1. The molecule has 9 heteroatoms. The van der Waals surface area contributed by atoms with Gasteiger partial charge in [-0.05, 0) is 43.0 Å². The van der Waals surface area contributed by atoms with E-state index in [0.717, 1.165) is 16.7 Å². The van der Waals surface area contributed by atoms with Crippen LogP contribution in [0.3, 0.4) is 0 Å². The molecule has 4 aromatic carbocycles. The van der Waals surface area contributed by atoms with Crippen LogP contribution in [0.2, 0.25) is 0 Å². The van der Waals surface area contributed by atoms with Crippen LogP contribution in [-0.2, 0) is 31.1 Å². The van der Waals surface area contributed by atoms with Crippen molar-refractivity contribution in [3.63, 3.8) is 0 Å². The van der Waals surface area contributed by atoms with Gasteiger partial charge in [-0.25, -0.2) is 9.59 Å². The van der Waals surface area contributed by atoms with Gasteiger partial charge in [0.05, 0.1) is 6.42 Å². The van der Waals surface area contributed by atoms with Crippen molar-refractivity contribution in [3.8, 4) is 0 Å². The van der Waals surface area contributed by atoms with Crippen molar-refractivity contribution in [3.05, 3.63) is 144 Å². The number of aliphatic carboxylic acids is 1. The van der Waals surface area contributed by atoms with Gasteiger partial charge in [0.25, 0.3) is 0 Å². The third-order valence-electron chi connectivity index (χ3n) is 7.24. The van der Waals surface area contributed by atoms with Crippen molar-refractivity contribution < 1.29 is 29.0 Å². The van der Waals surface area contributed by atoms with Crippen molar-refractivity contribution in [1.29, 1.82) is 0 Å². The average Bonchev–Trinajstić information content (AvgIpc) is 3.04. The first-order valence-electron chi connectivity index (χ1n) is 15.0. The zero-order chi connectivity index (χ0) is 33.2. The highest BCUT2D eigenvalue weighted by atomic mass is 16.6. The molecule has 4 N–H and O–H groups in total. The summed E-state index contributed by atoms with van der Waals surface area (Å²) < 4.78 is 5.38. The summed E-state index contributed by atoms with van der Waals surface area (Å²) in [5.74, 6) is -2.66. The highest BCUT2D eigenvalue weighted by molar-refractivity contribution is 5.93. The minimum Gasteiger partial charge on any atom is -0.480 e. The van der Waals surface area contributed by atoms with Gasteiger partial charge in [0.1, 0.15) is 23.2 Å². The Morgan fingerprint density at radius 3 is 1.50 bits per heavy atom. The van der Waals surface area contributed by atoms with E-state index in [1.54, 1.807) is 51.1 Å². The summed E-state index contributed by atoms with van der Waals surface area (Å²) in [5.41, 5.74) is 0.975. The second-order valence-electron chi connectivity index (χ2n) is 11.9. The van der Waals surface area contributed by atoms with Crippen LogP contribution in [0.4, 0.5) is 4.79 Å². The molecule has 0 aliphatic rings. The lowest BCUT2D eigenvalue weighted by molar-refractivity contribution is -0.142. The number of ether oxygens (including phenoxy) is 1. The van der Waals surface area contributed by atoms with E-state index >= 15 is 0 Å². The number of hydrogen-bond acceptors (Lipinski definition) is 5. The Labute approximate surface area is 269 Å². The summed E-state index contributed by atoms with van der Waals surface area (Å²) in [6.45, 7) is 5.01. The third kappa shape index (κ3) is 8.81. The lowest BCUT2D eigenvalue weighted by atomic mass is 9.77. The Bertz CT molecular complexity index is 1510. The molecule has 0 aliphatic carbocycles. The maximum absolute atomic E-state index is 14.1. The molecule has 0 saturated heterocycles. The van der Waals surface area contributed by atoms with Crippen LogP contribution in [0.1, 0.15) is 49.4 Å². The van der Waals surface area contributed by atoms with Gasteiger partial charge >= 0.3 is 12.1 Å². The molecule has 3 amide bonds. The number of carbonyl (C=O) groups excluding carboxylic acids is 3. The predicted octanol–water partition coefficient (Wildman–Crippen LogP) is 5.19. The van der Waals surface area contributed by atoms with E-state index < -0.39 is 53.5 Å². The predicted molar refractivity (Wildman–Crippen MR) is 175 cm³/mol. The number of benzene rings is 4. The monoisotopic (exact) mass is 621 g/mol. The number of nitrogens with one attached hydrogen (secondary N) is 3. The topological polar surface area (TPSA) is 134 Å². The highest BCUT2D eigenvalue weighted by Crippen LogP contribution is 2.37. The van der Waals surface area contributed by atoms with E-state index in [1.807, 2.05) is 91.0 Å². The van der Waals surface area contributed by atoms with Gasteiger partial charge in [0.2, 0.25) is 11.8 Å². The molecule has 238 valence electrons. The van der Waals surface area contributed by atoms with Crippen molar-refractivity contribution in [2.75, 3.05) is 0 Å². The SMILES string of the molecule is CC(C)(C)OC(=O)N[C@@H](CC(=O)NC(c1ccccc1)(c1ccccc1)c1ccccc1)C(=O)N[C@@H](Cc1ccccc1)C(=O)O. The Kier molecular flexibility index (Phi) is 10.9. The third-order valence-corrected chi connectivity index (χ3v) is 7.24. The Morgan fingerprint density at radius 2 is 1.09 bits per heavy atom. The van der Waals surface area contributed by atoms with E-state index in [9.17, 15) is 24.3 Å². The first kappa shape index (κ1) is 33.5. The number of amides is 3. The molecule has 0 saturated carbocycles. The van der Waals surface area contributed by atoms with E-state index in [4.69, 9.17) is 4.74 Å². The second kappa shape index (κ2) is 15.0. The van der Waals surface area contributed by atoms with Crippen molar-refractivity contribution in [2.24, 2.45) is 0 Å². The first-order chi connectivity index (χ1) is 22.0. The number of alkyl carbamates (subject to hydrolysis) is 1. The first-order valence-corrected chi connectivity index (χ1v) is 15.0. The van der Waals surface area contributed by atoms with Crippen molar-refractivity contribution in [1.82, 2.24) is 16.0 Å². The van der Waals surface area contributed by atoms with Gasteiger partial charge < -0.3 is 25.8 Å². The van der Waals surface area contributed by atoms with Crippen molar-refractivity contribution in [2.45, 2.75) is 56.8 Å². The van der Waals surface area contributed by atoms with Crippen LogP contribution in [0, 0.1) is 0 Å². The Balaban J connectivity index is 1.68. The van der Waals surface area contributed by atoms with Crippen LogP contribution in [0.25, 0.3) is 0 Å². The molecule has 0 bridgehead atoms. The summed E-state index contributed by atoms with van der Waals surface area (Å²) in [6, 6.07) is 34.4. The van der Waals surface area contributed by atoms with Gasteiger partial charge in [-0.15, -0.1) is 0 Å². The van der Waals surface area contributed by atoms with Gasteiger partial charge in [-0.1, -0.05) is 121 Å². The molecule has 46 heavy (non-hydrogen) atoms. The van der Waals surface area contributed by atoms with E-state index in [0.29, 0.717) is 5.56 Å². The fraction of sp³-hybridized carbons (Fsp3) is 0.243. The Hall–Kier alpha value is -5.44. The van der Waals surface area contributed by atoms with Crippen molar-refractivity contribution >= 4 is 23.9 Å². The van der Waals surface area contributed by atoms with Crippen LogP contribution >= 0.6 is 0 Å². The van der Waals surface area contributed by atoms with Crippen LogP contribution in [0.15, 0.2) is 121 Å². The maximum atomic E-state index is 14.1. The molecule has 9 nitrogen and oxygen atoms in total. The molecule has 2 atom stereocenters. The molecular formula is C37H39N3O6.